The number of halogens is 1. The van der Waals surface area contributed by atoms with Gasteiger partial charge in [0.25, 0.3) is 0 Å². The lowest BCUT2D eigenvalue weighted by Gasteiger charge is -2.34. The number of carbonyl (C=O) groups excluding carboxylic acids is 2. The predicted octanol–water partition coefficient (Wildman–Crippen LogP) is 1.94. The second kappa shape index (κ2) is 7.78. The summed E-state index contributed by atoms with van der Waals surface area (Å²) in [5.41, 5.74) is 1.29. The molecule has 2 aromatic rings. The summed E-state index contributed by atoms with van der Waals surface area (Å²) in [6.07, 6.45) is 4.98. The zero-order valence-corrected chi connectivity index (χ0v) is 15.0. The van der Waals surface area contributed by atoms with Gasteiger partial charge in [-0.05, 0) is 44.2 Å². The fraction of sp³-hybridized carbons (Fsp3) is 0.421. The minimum Gasteiger partial charge on any atom is -0.340 e. The first-order chi connectivity index (χ1) is 12.5. The maximum Gasteiger partial charge on any atom is 0.244 e. The highest BCUT2D eigenvalue weighted by atomic mass is 19.1. The summed E-state index contributed by atoms with van der Waals surface area (Å²) in [6, 6.07) is 5.11. The molecular formula is C19H23FN4O2. The summed E-state index contributed by atoms with van der Waals surface area (Å²) in [7, 11) is 3.54. The first kappa shape index (κ1) is 18.3. The van der Waals surface area contributed by atoms with Crippen molar-refractivity contribution in [3.63, 3.8) is 0 Å². The number of likely N-dealkylation sites (tertiary alicyclic amines) is 1. The van der Waals surface area contributed by atoms with Gasteiger partial charge in [-0.3, -0.25) is 14.3 Å². The van der Waals surface area contributed by atoms with Crippen LogP contribution in [0.4, 0.5) is 4.39 Å². The predicted molar refractivity (Wildman–Crippen MR) is 95.0 cm³/mol. The van der Waals surface area contributed by atoms with Gasteiger partial charge in [-0.25, -0.2) is 4.39 Å². The van der Waals surface area contributed by atoms with Crippen LogP contribution >= 0.6 is 0 Å². The molecule has 1 aromatic heterocycles. The Balaban J connectivity index is 1.71. The summed E-state index contributed by atoms with van der Waals surface area (Å²) in [4.78, 5) is 27.4. The maximum absolute atomic E-state index is 13.1. The van der Waals surface area contributed by atoms with E-state index in [-0.39, 0.29) is 23.4 Å². The Hall–Kier alpha value is -2.54. The number of ketones is 1. The first-order valence-electron chi connectivity index (χ1n) is 8.74. The lowest BCUT2D eigenvalue weighted by molar-refractivity contribution is -0.135. The van der Waals surface area contributed by atoms with Crippen molar-refractivity contribution in [1.29, 1.82) is 0 Å². The number of hydrogen-bond donors (Lipinski definition) is 1. The Morgan fingerprint density at radius 1 is 1.31 bits per heavy atom. The number of hydrogen-bond acceptors (Lipinski definition) is 4. The number of rotatable bonds is 5. The molecule has 1 saturated heterocycles. The number of benzene rings is 1. The number of nitrogens with one attached hydrogen (secondary N) is 1. The summed E-state index contributed by atoms with van der Waals surface area (Å²) >= 11 is 0. The van der Waals surface area contributed by atoms with Crippen molar-refractivity contribution >= 4 is 11.7 Å². The van der Waals surface area contributed by atoms with E-state index in [9.17, 15) is 14.0 Å². The van der Waals surface area contributed by atoms with Crippen LogP contribution in [0.3, 0.4) is 0 Å². The van der Waals surface area contributed by atoms with Crippen molar-refractivity contribution in [2.45, 2.75) is 18.9 Å². The second-order valence-corrected chi connectivity index (χ2v) is 6.66. The molecule has 6 nitrogen and oxygen atoms in total. The number of Topliss-reactive ketones (excluding diaryl/α,β-unsaturated/α-hetero) is 1. The lowest BCUT2D eigenvalue weighted by atomic mass is 9.89. The Morgan fingerprint density at radius 2 is 2.04 bits per heavy atom. The van der Waals surface area contributed by atoms with Gasteiger partial charge in [0.05, 0.1) is 6.20 Å². The van der Waals surface area contributed by atoms with E-state index in [1.807, 2.05) is 6.20 Å². The van der Waals surface area contributed by atoms with E-state index >= 15 is 0 Å². The van der Waals surface area contributed by atoms with Crippen LogP contribution < -0.4 is 5.32 Å². The zero-order valence-electron chi connectivity index (χ0n) is 15.0. The molecule has 0 saturated carbocycles. The highest BCUT2D eigenvalue weighted by molar-refractivity contribution is 5.98. The largest absolute Gasteiger partial charge is 0.340 e. The van der Waals surface area contributed by atoms with Gasteiger partial charge in [0.15, 0.2) is 5.78 Å². The molecule has 0 aliphatic carbocycles. The van der Waals surface area contributed by atoms with Crippen LogP contribution in [-0.4, -0.2) is 46.5 Å². The highest BCUT2D eigenvalue weighted by Gasteiger charge is 2.32. The number of aromatic nitrogens is 2. The quantitative estimate of drug-likeness (QED) is 0.830. The molecular weight excluding hydrogens is 335 g/mol. The Kier molecular flexibility index (Phi) is 5.46. The van der Waals surface area contributed by atoms with Gasteiger partial charge in [0, 0.05) is 43.4 Å². The van der Waals surface area contributed by atoms with E-state index in [0.717, 1.165) is 18.4 Å². The molecule has 2 atom stereocenters. The Labute approximate surface area is 152 Å². The highest BCUT2D eigenvalue weighted by Crippen LogP contribution is 2.24. The smallest absolute Gasteiger partial charge is 0.244 e. The molecule has 2 heterocycles. The molecule has 138 valence electrons. The minimum absolute atomic E-state index is 0.0371. The minimum atomic E-state index is -0.483. The van der Waals surface area contributed by atoms with Crippen LogP contribution in [0, 0.1) is 11.7 Å². The molecule has 26 heavy (non-hydrogen) atoms. The van der Waals surface area contributed by atoms with Crippen LogP contribution in [0.1, 0.15) is 34.8 Å². The van der Waals surface area contributed by atoms with Gasteiger partial charge >= 0.3 is 0 Å². The molecule has 1 fully saturated rings. The van der Waals surface area contributed by atoms with Gasteiger partial charge in [0.1, 0.15) is 11.9 Å². The van der Waals surface area contributed by atoms with E-state index in [2.05, 4.69) is 10.4 Å². The molecule has 1 aromatic carbocycles. The van der Waals surface area contributed by atoms with E-state index in [0.29, 0.717) is 18.7 Å². The third-order valence-electron chi connectivity index (χ3n) is 4.83. The van der Waals surface area contributed by atoms with Crippen molar-refractivity contribution in [3.05, 3.63) is 53.6 Å². The molecule has 3 rings (SSSR count). The monoisotopic (exact) mass is 358 g/mol. The molecule has 2 unspecified atom stereocenters. The Bertz CT molecular complexity index is 787. The Morgan fingerprint density at radius 3 is 2.65 bits per heavy atom. The number of likely N-dealkylation sites (N-methyl/N-ethyl adjacent to an activating group) is 1. The molecule has 1 amide bonds. The van der Waals surface area contributed by atoms with Gasteiger partial charge in [-0.15, -0.1) is 0 Å². The molecule has 1 aliphatic rings. The fourth-order valence-electron chi connectivity index (χ4n) is 3.45. The number of piperidine rings is 1. The standard InChI is InChI=1S/C19H23FN4O2/c1-21-17(15-10-22-23(2)11-15)19(26)24-9-3-4-14(12-24)18(25)13-5-7-16(20)8-6-13/h5-8,10-11,14,17,21H,3-4,9,12H2,1-2H3. The lowest BCUT2D eigenvalue weighted by Crippen LogP contribution is -2.46. The van der Waals surface area contributed by atoms with Crippen LogP contribution in [0.15, 0.2) is 36.7 Å². The maximum atomic E-state index is 13.1. The van der Waals surface area contributed by atoms with E-state index in [4.69, 9.17) is 0 Å². The van der Waals surface area contributed by atoms with Crippen LogP contribution in [-0.2, 0) is 11.8 Å². The van der Waals surface area contributed by atoms with Crippen LogP contribution in [0.2, 0.25) is 0 Å². The summed E-state index contributed by atoms with van der Waals surface area (Å²) in [5.74, 6) is -0.720. The molecule has 0 radical (unpaired) electrons. The van der Waals surface area contributed by atoms with Crippen LogP contribution in [0.5, 0.6) is 0 Å². The third kappa shape index (κ3) is 3.83. The van der Waals surface area contributed by atoms with Crippen molar-refractivity contribution in [3.8, 4) is 0 Å². The van der Waals surface area contributed by atoms with Gasteiger partial charge < -0.3 is 10.2 Å². The normalized spacial score (nSPS) is 18.6. The number of amides is 1. The van der Waals surface area contributed by atoms with E-state index in [1.54, 1.807) is 29.9 Å². The molecule has 1 aliphatic heterocycles. The number of nitrogens with zero attached hydrogens (tertiary/aromatic N) is 3. The van der Waals surface area contributed by atoms with Gasteiger partial charge in [0.2, 0.25) is 5.91 Å². The van der Waals surface area contributed by atoms with Crippen molar-refractivity contribution < 1.29 is 14.0 Å². The van der Waals surface area contributed by atoms with Crippen molar-refractivity contribution in [2.24, 2.45) is 13.0 Å². The van der Waals surface area contributed by atoms with E-state index in [1.165, 1.54) is 24.3 Å². The summed E-state index contributed by atoms with van der Waals surface area (Å²) < 4.78 is 14.7. The topological polar surface area (TPSA) is 67.2 Å². The third-order valence-corrected chi connectivity index (χ3v) is 4.83. The molecule has 0 spiro atoms. The van der Waals surface area contributed by atoms with E-state index < -0.39 is 6.04 Å². The summed E-state index contributed by atoms with van der Waals surface area (Å²) in [6.45, 7) is 1.01. The van der Waals surface area contributed by atoms with Crippen molar-refractivity contribution in [2.75, 3.05) is 20.1 Å². The average molecular weight is 358 g/mol. The fourth-order valence-corrected chi connectivity index (χ4v) is 3.45. The number of carbonyl (C=O) groups is 2. The molecule has 0 bridgehead atoms. The summed E-state index contributed by atoms with van der Waals surface area (Å²) in [5, 5.41) is 7.16. The van der Waals surface area contributed by atoms with Crippen molar-refractivity contribution in [1.82, 2.24) is 20.0 Å². The SMILES string of the molecule is CNC(C(=O)N1CCCC(C(=O)c2ccc(F)cc2)C1)c1cnn(C)c1. The van der Waals surface area contributed by atoms with Gasteiger partial charge in [-0.2, -0.15) is 5.10 Å². The first-order valence-corrected chi connectivity index (χ1v) is 8.74. The molecule has 1 N–H and O–H groups in total. The van der Waals surface area contributed by atoms with Crippen LogP contribution in [0.25, 0.3) is 0 Å². The average Bonchev–Trinajstić information content (AvgIpc) is 3.08. The second-order valence-electron chi connectivity index (χ2n) is 6.66. The number of aryl methyl sites for hydroxylation is 1. The zero-order chi connectivity index (χ0) is 18.7. The molecule has 7 heteroatoms. The van der Waals surface area contributed by atoms with Gasteiger partial charge in [-0.1, -0.05) is 0 Å².